The molecule has 0 bridgehead atoms. The highest BCUT2D eigenvalue weighted by Crippen LogP contribution is 2.27. The van der Waals surface area contributed by atoms with Gasteiger partial charge in [-0.15, -0.1) is 11.8 Å². The van der Waals surface area contributed by atoms with Gasteiger partial charge in [0, 0.05) is 23.7 Å². The van der Waals surface area contributed by atoms with Crippen molar-refractivity contribution in [3.63, 3.8) is 0 Å². The SMILES string of the molecule is CSc1ccc(NC(=O)NCC2(C)CCN(C)C2)cc1. The van der Waals surface area contributed by atoms with Gasteiger partial charge < -0.3 is 15.5 Å². The van der Waals surface area contributed by atoms with Crippen LogP contribution >= 0.6 is 11.8 Å². The average molecular weight is 293 g/mol. The van der Waals surface area contributed by atoms with Crippen LogP contribution in [0.1, 0.15) is 13.3 Å². The van der Waals surface area contributed by atoms with E-state index in [1.54, 1.807) is 11.8 Å². The molecule has 1 heterocycles. The number of urea groups is 1. The zero-order valence-corrected chi connectivity index (χ0v) is 13.2. The number of likely N-dealkylation sites (tertiary alicyclic amines) is 1. The first-order chi connectivity index (χ1) is 9.50. The molecule has 0 aliphatic carbocycles. The van der Waals surface area contributed by atoms with E-state index in [1.807, 2.05) is 30.5 Å². The number of nitrogens with zero attached hydrogens (tertiary/aromatic N) is 1. The summed E-state index contributed by atoms with van der Waals surface area (Å²) in [7, 11) is 2.12. The fraction of sp³-hybridized carbons (Fsp3) is 0.533. The summed E-state index contributed by atoms with van der Waals surface area (Å²) < 4.78 is 0. The van der Waals surface area contributed by atoms with Gasteiger partial charge in [-0.05, 0) is 55.9 Å². The smallest absolute Gasteiger partial charge is 0.319 e. The van der Waals surface area contributed by atoms with E-state index in [0.717, 1.165) is 25.2 Å². The Kier molecular flexibility index (Phi) is 4.94. The Balaban J connectivity index is 1.80. The number of amides is 2. The molecule has 4 nitrogen and oxygen atoms in total. The Morgan fingerprint density at radius 2 is 2.10 bits per heavy atom. The van der Waals surface area contributed by atoms with Crippen LogP contribution in [0.2, 0.25) is 0 Å². The molecule has 5 heteroatoms. The van der Waals surface area contributed by atoms with Crippen LogP contribution in [0.4, 0.5) is 10.5 Å². The predicted octanol–water partition coefficient (Wildman–Crippen LogP) is 2.87. The van der Waals surface area contributed by atoms with Crippen molar-refractivity contribution in [2.24, 2.45) is 5.41 Å². The van der Waals surface area contributed by atoms with E-state index in [1.165, 1.54) is 4.90 Å². The fourth-order valence-corrected chi connectivity index (χ4v) is 2.97. The first-order valence-corrected chi connectivity index (χ1v) is 8.11. The third-order valence-electron chi connectivity index (χ3n) is 3.77. The molecule has 1 aliphatic rings. The van der Waals surface area contributed by atoms with E-state index >= 15 is 0 Å². The van der Waals surface area contributed by atoms with Crippen LogP contribution < -0.4 is 10.6 Å². The van der Waals surface area contributed by atoms with Gasteiger partial charge in [0.05, 0.1) is 0 Å². The first kappa shape index (κ1) is 15.2. The Bertz CT molecular complexity index is 463. The summed E-state index contributed by atoms with van der Waals surface area (Å²) in [4.78, 5) is 15.4. The fourth-order valence-electron chi connectivity index (χ4n) is 2.56. The lowest BCUT2D eigenvalue weighted by Gasteiger charge is -2.24. The lowest BCUT2D eigenvalue weighted by molar-refractivity contribution is 0.241. The Hall–Kier alpha value is -1.20. The van der Waals surface area contributed by atoms with Crippen molar-refractivity contribution in [2.45, 2.75) is 18.2 Å². The zero-order chi connectivity index (χ0) is 14.6. The molecule has 1 fully saturated rings. The molecule has 1 aliphatic heterocycles. The molecule has 110 valence electrons. The lowest BCUT2D eigenvalue weighted by Crippen LogP contribution is -2.39. The Morgan fingerprint density at radius 3 is 2.65 bits per heavy atom. The molecule has 2 rings (SSSR count). The summed E-state index contributed by atoms with van der Waals surface area (Å²) in [6, 6.07) is 7.74. The van der Waals surface area contributed by atoms with E-state index in [2.05, 4.69) is 29.5 Å². The highest BCUT2D eigenvalue weighted by atomic mass is 32.2. The molecule has 0 saturated carbocycles. The Labute approximate surface area is 125 Å². The number of hydrogen-bond donors (Lipinski definition) is 2. The van der Waals surface area contributed by atoms with Crippen molar-refractivity contribution < 1.29 is 4.79 Å². The monoisotopic (exact) mass is 293 g/mol. The molecule has 0 spiro atoms. The van der Waals surface area contributed by atoms with Gasteiger partial charge in [-0.1, -0.05) is 6.92 Å². The molecule has 1 unspecified atom stereocenters. The average Bonchev–Trinajstić information content (AvgIpc) is 2.78. The number of hydrogen-bond acceptors (Lipinski definition) is 3. The van der Waals surface area contributed by atoms with Crippen LogP contribution in [0.25, 0.3) is 0 Å². The van der Waals surface area contributed by atoms with Gasteiger partial charge in [0.25, 0.3) is 0 Å². The molecule has 2 N–H and O–H groups in total. The van der Waals surface area contributed by atoms with E-state index in [0.29, 0.717) is 6.54 Å². The van der Waals surface area contributed by atoms with Gasteiger partial charge in [-0.25, -0.2) is 4.79 Å². The summed E-state index contributed by atoms with van der Waals surface area (Å²) >= 11 is 1.69. The van der Waals surface area contributed by atoms with Gasteiger partial charge in [0.1, 0.15) is 0 Å². The van der Waals surface area contributed by atoms with Crippen molar-refractivity contribution >= 4 is 23.5 Å². The second kappa shape index (κ2) is 6.50. The van der Waals surface area contributed by atoms with Crippen molar-refractivity contribution in [3.05, 3.63) is 24.3 Å². The van der Waals surface area contributed by atoms with Crippen LogP contribution in [0.15, 0.2) is 29.2 Å². The predicted molar refractivity (Wildman–Crippen MR) is 85.5 cm³/mol. The number of carbonyl (C=O) groups is 1. The quantitative estimate of drug-likeness (QED) is 0.839. The maximum absolute atomic E-state index is 11.9. The van der Waals surface area contributed by atoms with Gasteiger partial charge in [-0.3, -0.25) is 0 Å². The maximum atomic E-state index is 11.9. The van der Waals surface area contributed by atoms with Crippen molar-refractivity contribution in [3.8, 4) is 0 Å². The number of carbonyl (C=O) groups excluding carboxylic acids is 1. The van der Waals surface area contributed by atoms with E-state index < -0.39 is 0 Å². The summed E-state index contributed by atoms with van der Waals surface area (Å²) in [6.07, 6.45) is 3.17. The second-order valence-corrected chi connectivity index (χ2v) is 6.71. The third-order valence-corrected chi connectivity index (χ3v) is 4.52. The molecule has 1 saturated heterocycles. The first-order valence-electron chi connectivity index (χ1n) is 6.88. The summed E-state index contributed by atoms with van der Waals surface area (Å²) in [5.74, 6) is 0. The number of anilines is 1. The third kappa shape index (κ3) is 4.15. The molecule has 2 amide bonds. The van der Waals surface area contributed by atoms with Crippen LogP contribution in [-0.4, -0.2) is 43.9 Å². The van der Waals surface area contributed by atoms with E-state index in [4.69, 9.17) is 0 Å². The number of nitrogens with one attached hydrogen (secondary N) is 2. The molecule has 0 radical (unpaired) electrons. The standard InChI is InChI=1S/C15H23N3OS/c1-15(8-9-18(2)11-15)10-16-14(19)17-12-4-6-13(20-3)7-5-12/h4-7H,8-11H2,1-3H3,(H2,16,17,19). The molecule has 0 aromatic heterocycles. The highest BCUT2D eigenvalue weighted by Gasteiger charge is 2.32. The minimum Gasteiger partial charge on any atom is -0.337 e. The summed E-state index contributed by atoms with van der Waals surface area (Å²) in [5.41, 5.74) is 1.02. The molecule has 1 aromatic rings. The number of thioether (sulfide) groups is 1. The van der Waals surface area contributed by atoms with Crippen molar-refractivity contribution in [2.75, 3.05) is 38.3 Å². The van der Waals surface area contributed by atoms with Crippen LogP contribution in [0.3, 0.4) is 0 Å². The van der Waals surface area contributed by atoms with Gasteiger partial charge in [0.2, 0.25) is 0 Å². The van der Waals surface area contributed by atoms with Crippen molar-refractivity contribution in [1.82, 2.24) is 10.2 Å². The minimum absolute atomic E-state index is 0.127. The van der Waals surface area contributed by atoms with Crippen LogP contribution in [0, 0.1) is 5.41 Å². The van der Waals surface area contributed by atoms with Gasteiger partial charge in [-0.2, -0.15) is 0 Å². The number of benzene rings is 1. The van der Waals surface area contributed by atoms with Crippen molar-refractivity contribution in [1.29, 1.82) is 0 Å². The van der Waals surface area contributed by atoms with Crippen LogP contribution in [-0.2, 0) is 0 Å². The maximum Gasteiger partial charge on any atom is 0.319 e. The Morgan fingerprint density at radius 1 is 1.40 bits per heavy atom. The molecular weight excluding hydrogens is 270 g/mol. The molecular formula is C15H23N3OS. The second-order valence-electron chi connectivity index (χ2n) is 5.83. The van der Waals surface area contributed by atoms with Crippen LogP contribution in [0.5, 0.6) is 0 Å². The number of rotatable bonds is 4. The highest BCUT2D eigenvalue weighted by molar-refractivity contribution is 7.98. The normalized spacial score (nSPS) is 22.8. The topological polar surface area (TPSA) is 44.4 Å². The van der Waals surface area contributed by atoms with Gasteiger partial charge in [0.15, 0.2) is 0 Å². The molecule has 1 aromatic carbocycles. The summed E-state index contributed by atoms with van der Waals surface area (Å²) in [6.45, 7) is 5.09. The van der Waals surface area contributed by atoms with E-state index in [9.17, 15) is 4.79 Å². The lowest BCUT2D eigenvalue weighted by atomic mass is 9.90. The molecule has 1 atom stereocenters. The minimum atomic E-state index is -0.127. The largest absolute Gasteiger partial charge is 0.337 e. The molecule has 20 heavy (non-hydrogen) atoms. The van der Waals surface area contributed by atoms with Gasteiger partial charge >= 0.3 is 6.03 Å². The van der Waals surface area contributed by atoms with E-state index in [-0.39, 0.29) is 11.4 Å². The summed E-state index contributed by atoms with van der Waals surface area (Å²) in [5, 5.41) is 5.85. The zero-order valence-electron chi connectivity index (χ0n) is 12.4.